The van der Waals surface area contributed by atoms with Gasteiger partial charge in [0.25, 0.3) is 0 Å². The number of hydrogen-bond donors (Lipinski definition) is 1. The van der Waals surface area contributed by atoms with E-state index in [0.29, 0.717) is 0 Å². The number of piperidine rings is 1. The molecule has 23 heavy (non-hydrogen) atoms. The lowest BCUT2D eigenvalue weighted by Crippen LogP contribution is -2.45. The number of ether oxygens (including phenoxy) is 1. The Kier molecular flexibility index (Phi) is 5.75. The van der Waals surface area contributed by atoms with Crippen LogP contribution in [-0.2, 0) is 4.79 Å². The van der Waals surface area contributed by atoms with E-state index in [4.69, 9.17) is 16.3 Å². The van der Waals surface area contributed by atoms with Gasteiger partial charge in [-0.1, -0.05) is 11.6 Å². The third kappa shape index (κ3) is 4.51. The SMILES string of the molecule is COc1cc(N(CC2CCNCC2)C(=O)C(F)(F)F)ccc1Cl. The molecule has 1 N–H and O–H groups in total. The van der Waals surface area contributed by atoms with Crippen molar-refractivity contribution in [3.05, 3.63) is 23.2 Å². The van der Waals surface area contributed by atoms with E-state index in [1.807, 2.05) is 0 Å². The van der Waals surface area contributed by atoms with Crippen molar-refractivity contribution in [2.24, 2.45) is 5.92 Å². The predicted octanol–water partition coefficient (Wildman–Crippen LogP) is 3.24. The number of amides is 1. The Morgan fingerprint density at radius 3 is 2.61 bits per heavy atom. The number of hydrogen-bond acceptors (Lipinski definition) is 3. The summed E-state index contributed by atoms with van der Waals surface area (Å²) in [5.74, 6) is -1.63. The molecule has 1 heterocycles. The molecule has 4 nitrogen and oxygen atoms in total. The van der Waals surface area contributed by atoms with Crippen LogP contribution in [0.5, 0.6) is 5.75 Å². The number of nitrogens with one attached hydrogen (secondary N) is 1. The monoisotopic (exact) mass is 350 g/mol. The zero-order valence-electron chi connectivity index (χ0n) is 12.6. The van der Waals surface area contributed by atoms with Crippen molar-refractivity contribution in [2.45, 2.75) is 19.0 Å². The molecule has 0 atom stereocenters. The maximum absolute atomic E-state index is 12.9. The molecule has 1 aliphatic rings. The normalized spacial score (nSPS) is 16.2. The summed E-state index contributed by atoms with van der Waals surface area (Å²) in [6.07, 6.45) is -3.47. The molecular weight excluding hydrogens is 333 g/mol. The average Bonchev–Trinajstić information content (AvgIpc) is 2.53. The highest BCUT2D eigenvalue weighted by molar-refractivity contribution is 6.32. The number of carbonyl (C=O) groups is 1. The predicted molar refractivity (Wildman–Crippen MR) is 82.0 cm³/mol. The molecular formula is C15H18ClF3N2O2. The summed E-state index contributed by atoms with van der Waals surface area (Å²) >= 11 is 5.90. The molecule has 0 spiro atoms. The molecule has 1 amide bonds. The summed E-state index contributed by atoms with van der Waals surface area (Å²) in [6.45, 7) is 1.50. The fourth-order valence-corrected chi connectivity index (χ4v) is 2.79. The molecule has 0 aliphatic carbocycles. The molecule has 1 saturated heterocycles. The largest absolute Gasteiger partial charge is 0.495 e. The zero-order valence-corrected chi connectivity index (χ0v) is 13.4. The van der Waals surface area contributed by atoms with Crippen molar-refractivity contribution in [2.75, 3.05) is 31.6 Å². The van der Waals surface area contributed by atoms with Crippen LogP contribution in [0.25, 0.3) is 0 Å². The van der Waals surface area contributed by atoms with Gasteiger partial charge < -0.3 is 15.0 Å². The summed E-state index contributed by atoms with van der Waals surface area (Å²) < 4.78 is 43.8. The Bertz CT molecular complexity index is 560. The fourth-order valence-electron chi connectivity index (χ4n) is 2.60. The van der Waals surface area contributed by atoms with Crippen molar-refractivity contribution in [3.8, 4) is 5.75 Å². The third-order valence-corrected chi connectivity index (χ3v) is 4.15. The highest BCUT2D eigenvalue weighted by Gasteiger charge is 2.43. The second-order valence-corrected chi connectivity index (χ2v) is 5.83. The first kappa shape index (κ1) is 17.9. The van der Waals surface area contributed by atoms with E-state index in [0.717, 1.165) is 30.8 Å². The number of benzene rings is 1. The van der Waals surface area contributed by atoms with Gasteiger partial charge in [-0.2, -0.15) is 13.2 Å². The Morgan fingerprint density at radius 2 is 2.04 bits per heavy atom. The van der Waals surface area contributed by atoms with Crippen LogP contribution >= 0.6 is 11.6 Å². The van der Waals surface area contributed by atoms with Crippen LogP contribution in [0.15, 0.2) is 18.2 Å². The van der Waals surface area contributed by atoms with Gasteiger partial charge in [0.05, 0.1) is 12.1 Å². The quantitative estimate of drug-likeness (QED) is 0.906. The Balaban J connectivity index is 2.30. The molecule has 1 aromatic rings. The maximum atomic E-state index is 12.9. The minimum atomic E-state index is -4.93. The topological polar surface area (TPSA) is 41.6 Å². The number of anilines is 1. The standard InChI is InChI=1S/C15H18ClF3N2O2/c1-23-13-8-11(2-3-12(13)16)21(14(22)15(17,18)19)9-10-4-6-20-7-5-10/h2-3,8,10,20H,4-7,9H2,1H3. The van der Waals surface area contributed by atoms with Crippen molar-refractivity contribution >= 4 is 23.2 Å². The van der Waals surface area contributed by atoms with E-state index in [-0.39, 0.29) is 28.9 Å². The first-order chi connectivity index (χ1) is 10.8. The van der Waals surface area contributed by atoms with Gasteiger partial charge in [0.2, 0.25) is 0 Å². The average molecular weight is 351 g/mol. The van der Waals surface area contributed by atoms with Crippen LogP contribution < -0.4 is 15.0 Å². The Labute approximate surface area is 137 Å². The van der Waals surface area contributed by atoms with Gasteiger partial charge in [-0.25, -0.2) is 0 Å². The van der Waals surface area contributed by atoms with Crippen LogP contribution in [0.1, 0.15) is 12.8 Å². The summed E-state index contributed by atoms with van der Waals surface area (Å²) in [5, 5.41) is 3.43. The molecule has 0 bridgehead atoms. The van der Waals surface area contributed by atoms with E-state index < -0.39 is 12.1 Å². The second kappa shape index (κ2) is 7.40. The fraction of sp³-hybridized carbons (Fsp3) is 0.533. The van der Waals surface area contributed by atoms with Gasteiger partial charge in [0, 0.05) is 18.3 Å². The summed E-state index contributed by atoms with van der Waals surface area (Å²) in [5.41, 5.74) is 0.132. The van der Waals surface area contributed by atoms with E-state index in [1.165, 1.54) is 25.3 Å². The van der Waals surface area contributed by atoms with Crippen molar-refractivity contribution < 1.29 is 22.7 Å². The molecule has 0 unspecified atom stereocenters. The lowest BCUT2D eigenvalue weighted by molar-refractivity contribution is -0.170. The third-order valence-electron chi connectivity index (χ3n) is 3.83. The molecule has 1 aliphatic heterocycles. The molecule has 128 valence electrons. The highest BCUT2D eigenvalue weighted by Crippen LogP contribution is 2.32. The highest BCUT2D eigenvalue weighted by atomic mass is 35.5. The number of carbonyl (C=O) groups excluding carboxylic acids is 1. The van der Waals surface area contributed by atoms with Gasteiger partial charge in [0.15, 0.2) is 0 Å². The molecule has 0 saturated carbocycles. The van der Waals surface area contributed by atoms with Gasteiger partial charge in [-0.15, -0.1) is 0 Å². The molecule has 0 aromatic heterocycles. The lowest BCUT2D eigenvalue weighted by Gasteiger charge is -2.31. The first-order valence-electron chi connectivity index (χ1n) is 7.26. The van der Waals surface area contributed by atoms with Crippen molar-refractivity contribution in [1.29, 1.82) is 0 Å². The number of nitrogens with zero attached hydrogens (tertiary/aromatic N) is 1. The minimum absolute atomic E-state index is 0.0178. The van der Waals surface area contributed by atoms with Crippen LogP contribution in [0.3, 0.4) is 0 Å². The van der Waals surface area contributed by atoms with Crippen LogP contribution in [-0.4, -0.2) is 38.8 Å². The summed E-state index contributed by atoms with van der Waals surface area (Å²) in [6, 6.07) is 4.18. The number of rotatable bonds is 4. The summed E-state index contributed by atoms with van der Waals surface area (Å²) in [4.78, 5) is 12.6. The van der Waals surface area contributed by atoms with Crippen molar-refractivity contribution in [3.63, 3.8) is 0 Å². The van der Waals surface area contributed by atoms with Crippen LogP contribution in [0.4, 0.5) is 18.9 Å². The van der Waals surface area contributed by atoms with Gasteiger partial charge in [-0.05, 0) is 44.0 Å². The lowest BCUT2D eigenvalue weighted by atomic mass is 9.97. The Hall–Kier alpha value is -1.47. The second-order valence-electron chi connectivity index (χ2n) is 5.43. The van der Waals surface area contributed by atoms with Gasteiger partial charge in [-0.3, -0.25) is 4.79 Å². The number of methoxy groups -OCH3 is 1. The van der Waals surface area contributed by atoms with Crippen LogP contribution in [0.2, 0.25) is 5.02 Å². The Morgan fingerprint density at radius 1 is 1.39 bits per heavy atom. The maximum Gasteiger partial charge on any atom is 0.471 e. The van der Waals surface area contributed by atoms with Crippen molar-refractivity contribution in [1.82, 2.24) is 5.32 Å². The molecule has 8 heteroatoms. The van der Waals surface area contributed by atoms with Gasteiger partial charge in [0.1, 0.15) is 5.75 Å². The molecule has 1 aromatic carbocycles. The van der Waals surface area contributed by atoms with E-state index in [9.17, 15) is 18.0 Å². The van der Waals surface area contributed by atoms with E-state index >= 15 is 0 Å². The number of alkyl halides is 3. The van der Waals surface area contributed by atoms with Gasteiger partial charge >= 0.3 is 12.1 Å². The zero-order chi connectivity index (χ0) is 17.0. The first-order valence-corrected chi connectivity index (χ1v) is 7.63. The molecule has 2 rings (SSSR count). The number of halogens is 4. The van der Waals surface area contributed by atoms with E-state index in [1.54, 1.807) is 0 Å². The molecule has 1 fully saturated rings. The van der Waals surface area contributed by atoms with E-state index in [2.05, 4.69) is 5.32 Å². The molecule has 0 radical (unpaired) electrons. The smallest absolute Gasteiger partial charge is 0.471 e. The summed E-state index contributed by atoms with van der Waals surface area (Å²) in [7, 11) is 1.37. The van der Waals surface area contributed by atoms with Crippen LogP contribution in [0, 0.1) is 5.92 Å². The minimum Gasteiger partial charge on any atom is -0.495 e.